The van der Waals surface area contributed by atoms with Gasteiger partial charge in [-0.25, -0.2) is 4.68 Å². The molecule has 0 bridgehead atoms. The highest BCUT2D eigenvalue weighted by atomic mass is 32.1. The Hall–Kier alpha value is -2.51. The number of rotatable bonds is 7. The first-order valence-electron chi connectivity index (χ1n) is 8.05. The van der Waals surface area contributed by atoms with Gasteiger partial charge in [0.05, 0.1) is 18.8 Å². The molecule has 1 atom stereocenters. The molecule has 3 rings (SSSR count). The normalized spacial score (nSPS) is 12.3. The summed E-state index contributed by atoms with van der Waals surface area (Å²) in [5.74, 6) is -0.206. The van der Waals surface area contributed by atoms with Crippen molar-refractivity contribution in [1.29, 1.82) is 0 Å². The topological polar surface area (TPSA) is 63.1 Å². The second-order valence-corrected chi connectivity index (χ2v) is 6.97. The van der Waals surface area contributed by atoms with E-state index in [0.717, 1.165) is 5.56 Å². The fourth-order valence-corrected chi connectivity index (χ4v) is 3.47. The van der Waals surface area contributed by atoms with Gasteiger partial charge in [-0.15, -0.1) is 16.4 Å². The number of nitrogens with one attached hydrogen (secondary N) is 1. The number of amides is 1. The number of benzene rings is 1. The van der Waals surface area contributed by atoms with Gasteiger partial charge in [0.2, 0.25) is 0 Å². The third-order valence-electron chi connectivity index (χ3n) is 3.91. The second-order valence-electron chi connectivity index (χ2n) is 5.99. The average Bonchev–Trinajstić information content (AvgIpc) is 3.28. The molecular formula is C18H21N5OS. The van der Waals surface area contributed by atoms with Gasteiger partial charge in [-0.3, -0.25) is 4.79 Å². The van der Waals surface area contributed by atoms with E-state index in [1.54, 1.807) is 22.2 Å². The van der Waals surface area contributed by atoms with Gasteiger partial charge in [-0.1, -0.05) is 41.6 Å². The molecule has 25 heavy (non-hydrogen) atoms. The van der Waals surface area contributed by atoms with Crippen LogP contribution in [0.3, 0.4) is 0 Å². The Kier molecular flexibility index (Phi) is 5.57. The molecule has 6 nitrogen and oxygen atoms in total. The van der Waals surface area contributed by atoms with Crippen LogP contribution < -0.4 is 5.32 Å². The fourth-order valence-electron chi connectivity index (χ4n) is 2.55. The van der Waals surface area contributed by atoms with Crippen molar-refractivity contribution in [2.75, 3.05) is 20.6 Å². The quantitative estimate of drug-likeness (QED) is 0.707. The molecule has 0 aliphatic carbocycles. The number of carbonyl (C=O) groups excluding carboxylic acids is 1. The summed E-state index contributed by atoms with van der Waals surface area (Å²) in [6.07, 6.45) is 1.68. The lowest BCUT2D eigenvalue weighted by atomic mass is 10.2. The molecule has 0 radical (unpaired) electrons. The summed E-state index contributed by atoms with van der Waals surface area (Å²) in [4.78, 5) is 15.7. The highest BCUT2D eigenvalue weighted by Crippen LogP contribution is 2.22. The average molecular weight is 355 g/mol. The first kappa shape index (κ1) is 17.3. The van der Waals surface area contributed by atoms with Crippen LogP contribution >= 0.6 is 11.3 Å². The van der Waals surface area contributed by atoms with Gasteiger partial charge in [0.1, 0.15) is 0 Å². The third kappa shape index (κ3) is 4.52. The Balaban J connectivity index is 1.60. The van der Waals surface area contributed by atoms with Gasteiger partial charge < -0.3 is 10.2 Å². The first-order valence-corrected chi connectivity index (χ1v) is 8.93. The van der Waals surface area contributed by atoms with Gasteiger partial charge in [0.25, 0.3) is 5.91 Å². The van der Waals surface area contributed by atoms with Crippen LogP contribution in [0, 0.1) is 0 Å². The number of likely N-dealkylation sites (N-methyl/N-ethyl adjacent to an activating group) is 1. The van der Waals surface area contributed by atoms with Gasteiger partial charge in [-0.2, -0.15) is 0 Å². The van der Waals surface area contributed by atoms with Crippen molar-refractivity contribution in [3.05, 3.63) is 70.2 Å². The molecule has 130 valence electrons. The van der Waals surface area contributed by atoms with Crippen LogP contribution in [0.25, 0.3) is 0 Å². The van der Waals surface area contributed by atoms with E-state index in [-0.39, 0.29) is 11.9 Å². The third-order valence-corrected chi connectivity index (χ3v) is 4.88. The molecular weight excluding hydrogens is 334 g/mol. The summed E-state index contributed by atoms with van der Waals surface area (Å²) in [6.45, 7) is 1.12. The van der Waals surface area contributed by atoms with Crippen molar-refractivity contribution in [1.82, 2.24) is 25.2 Å². The van der Waals surface area contributed by atoms with E-state index in [9.17, 15) is 4.79 Å². The van der Waals surface area contributed by atoms with Crippen LogP contribution in [-0.4, -0.2) is 46.4 Å². The van der Waals surface area contributed by atoms with Gasteiger partial charge in [0, 0.05) is 11.4 Å². The molecule has 0 aliphatic heterocycles. The summed E-state index contributed by atoms with van der Waals surface area (Å²) in [7, 11) is 4.01. The molecule has 0 saturated heterocycles. The van der Waals surface area contributed by atoms with E-state index < -0.39 is 0 Å². The summed E-state index contributed by atoms with van der Waals surface area (Å²) in [5, 5.41) is 13.0. The standard InChI is InChI=1S/C18H21N5OS/c1-22(2)16(17-9-6-10-25-17)11-19-18(24)15-13-23(21-20-15)12-14-7-4-3-5-8-14/h3-10,13,16H,11-12H2,1-2H3,(H,19,24). The molecule has 0 fully saturated rings. The molecule has 2 aromatic heterocycles. The number of hydrogen-bond donors (Lipinski definition) is 1. The summed E-state index contributed by atoms with van der Waals surface area (Å²) >= 11 is 1.69. The van der Waals surface area contributed by atoms with Crippen molar-refractivity contribution in [3.63, 3.8) is 0 Å². The summed E-state index contributed by atoms with van der Waals surface area (Å²) < 4.78 is 1.67. The Labute approximate surface area is 151 Å². The lowest BCUT2D eigenvalue weighted by Crippen LogP contribution is -2.34. The van der Waals surface area contributed by atoms with Gasteiger partial charge in [-0.05, 0) is 31.1 Å². The molecule has 2 heterocycles. The molecule has 1 aromatic carbocycles. The molecule has 7 heteroatoms. The molecule has 1 amide bonds. The minimum Gasteiger partial charge on any atom is -0.349 e. The molecule has 3 aromatic rings. The van der Waals surface area contributed by atoms with E-state index in [1.807, 2.05) is 55.9 Å². The lowest BCUT2D eigenvalue weighted by Gasteiger charge is -2.23. The zero-order valence-corrected chi connectivity index (χ0v) is 15.1. The van der Waals surface area contributed by atoms with E-state index in [1.165, 1.54) is 4.88 Å². The van der Waals surface area contributed by atoms with E-state index >= 15 is 0 Å². The second kappa shape index (κ2) is 8.04. The van der Waals surface area contributed by atoms with Crippen LogP contribution in [0.5, 0.6) is 0 Å². The number of aromatic nitrogens is 3. The van der Waals surface area contributed by atoms with E-state index in [4.69, 9.17) is 0 Å². The number of thiophene rings is 1. The zero-order chi connectivity index (χ0) is 17.6. The Morgan fingerprint density at radius 2 is 2.04 bits per heavy atom. The SMILES string of the molecule is CN(C)C(CNC(=O)c1cn(Cc2ccccc2)nn1)c1cccs1. The Bertz CT molecular complexity index is 798. The minimum atomic E-state index is -0.206. The zero-order valence-electron chi connectivity index (χ0n) is 14.3. The Morgan fingerprint density at radius 3 is 2.72 bits per heavy atom. The van der Waals surface area contributed by atoms with Crippen molar-refractivity contribution < 1.29 is 4.79 Å². The fraction of sp³-hybridized carbons (Fsp3) is 0.278. The molecule has 0 saturated carbocycles. The maximum atomic E-state index is 12.4. The predicted molar refractivity (Wildman–Crippen MR) is 98.6 cm³/mol. The summed E-state index contributed by atoms with van der Waals surface area (Å²) in [6, 6.07) is 14.2. The maximum Gasteiger partial charge on any atom is 0.273 e. The van der Waals surface area contributed by atoms with Gasteiger partial charge >= 0.3 is 0 Å². The van der Waals surface area contributed by atoms with Gasteiger partial charge in [0.15, 0.2) is 5.69 Å². The van der Waals surface area contributed by atoms with Crippen molar-refractivity contribution in [2.24, 2.45) is 0 Å². The van der Waals surface area contributed by atoms with Crippen molar-refractivity contribution >= 4 is 17.2 Å². The molecule has 1 N–H and O–H groups in total. The first-order chi connectivity index (χ1) is 12.1. The van der Waals surface area contributed by atoms with Crippen molar-refractivity contribution in [2.45, 2.75) is 12.6 Å². The van der Waals surface area contributed by atoms with Crippen LogP contribution in [0.2, 0.25) is 0 Å². The maximum absolute atomic E-state index is 12.4. The van der Waals surface area contributed by atoms with Crippen molar-refractivity contribution in [3.8, 4) is 0 Å². The molecule has 0 spiro atoms. The number of carbonyl (C=O) groups is 1. The van der Waals surface area contributed by atoms with Crippen LogP contribution in [0.15, 0.2) is 54.0 Å². The van der Waals surface area contributed by atoms with Crippen LogP contribution in [-0.2, 0) is 6.54 Å². The monoisotopic (exact) mass is 355 g/mol. The minimum absolute atomic E-state index is 0.142. The van der Waals surface area contributed by atoms with E-state index in [2.05, 4.69) is 26.6 Å². The van der Waals surface area contributed by atoms with E-state index in [0.29, 0.717) is 18.8 Å². The predicted octanol–water partition coefficient (Wildman–Crippen LogP) is 2.42. The Morgan fingerprint density at radius 1 is 1.24 bits per heavy atom. The smallest absolute Gasteiger partial charge is 0.273 e. The molecule has 0 aliphatic rings. The largest absolute Gasteiger partial charge is 0.349 e. The summed E-state index contributed by atoms with van der Waals surface area (Å²) in [5.41, 5.74) is 1.45. The highest BCUT2D eigenvalue weighted by molar-refractivity contribution is 7.10. The number of nitrogens with zero attached hydrogens (tertiary/aromatic N) is 4. The molecule has 1 unspecified atom stereocenters. The van der Waals surface area contributed by atoms with Crippen LogP contribution in [0.1, 0.15) is 27.0 Å². The van der Waals surface area contributed by atoms with Crippen LogP contribution in [0.4, 0.5) is 0 Å². The number of hydrogen-bond acceptors (Lipinski definition) is 5. The lowest BCUT2D eigenvalue weighted by molar-refractivity contribution is 0.0937. The highest BCUT2D eigenvalue weighted by Gasteiger charge is 2.18.